The predicted molar refractivity (Wildman–Crippen MR) is 182 cm³/mol. The largest absolute Gasteiger partial charge is 0.506 e. The minimum atomic E-state index is -4.70. The van der Waals surface area contributed by atoms with Crippen LogP contribution in [0.1, 0.15) is 54.4 Å². The molecule has 276 valence electrons. The summed E-state index contributed by atoms with van der Waals surface area (Å²) in [5.74, 6) is -3.25. The van der Waals surface area contributed by atoms with E-state index in [1.807, 2.05) is 13.0 Å². The van der Waals surface area contributed by atoms with E-state index in [1.54, 1.807) is 18.2 Å². The summed E-state index contributed by atoms with van der Waals surface area (Å²) in [6.07, 6.45) is 2.36. The Hall–Kier alpha value is -5.32. The van der Waals surface area contributed by atoms with Gasteiger partial charge in [-0.2, -0.15) is 18.3 Å². The lowest BCUT2D eigenvalue weighted by atomic mass is 9.70. The van der Waals surface area contributed by atoms with Crippen molar-refractivity contribution >= 4 is 36.5 Å². The number of rotatable bonds is 10. The SMILES string of the molecule is C=NN(CC(=O)Nc1ccc(C(F)(F)F)cc1O)C(=O)C1=C(NC=NCC2=CCOCC2)[C@@H](C)CC12CCN(C(=O)c1ncnc(C)c1O)C1CC12. The zero-order valence-corrected chi connectivity index (χ0v) is 28.6. The number of phenolic OH excluding ortho intramolecular Hbond substituents is 1. The number of carbonyl (C=O) groups is 3. The van der Waals surface area contributed by atoms with Gasteiger partial charge in [0.05, 0.1) is 43.0 Å². The molecule has 1 spiro atoms. The lowest BCUT2D eigenvalue weighted by molar-refractivity contribution is -0.137. The third-order valence-electron chi connectivity index (χ3n) is 10.2. The van der Waals surface area contributed by atoms with Crippen molar-refractivity contribution in [3.63, 3.8) is 0 Å². The Morgan fingerprint density at radius 2 is 2.04 bits per heavy atom. The van der Waals surface area contributed by atoms with Crippen LogP contribution in [0.2, 0.25) is 0 Å². The van der Waals surface area contributed by atoms with Crippen LogP contribution < -0.4 is 10.6 Å². The number of nitrogens with one attached hydrogen (secondary N) is 2. The molecule has 0 radical (unpaired) electrons. The number of alkyl halides is 3. The topological polar surface area (TPSA) is 182 Å². The zero-order chi connectivity index (χ0) is 37.4. The summed E-state index contributed by atoms with van der Waals surface area (Å²) in [6, 6.07) is 1.89. The summed E-state index contributed by atoms with van der Waals surface area (Å²) in [7, 11) is 0. The number of phenols is 1. The molecule has 3 unspecified atom stereocenters. The first-order valence-electron chi connectivity index (χ1n) is 16.8. The van der Waals surface area contributed by atoms with Crippen LogP contribution in [0.4, 0.5) is 18.9 Å². The number of hydrogen-bond donors (Lipinski definition) is 4. The first kappa shape index (κ1) is 36.5. The number of carbonyl (C=O) groups excluding carboxylic acids is 3. The van der Waals surface area contributed by atoms with E-state index in [9.17, 15) is 37.8 Å². The van der Waals surface area contributed by atoms with E-state index in [1.165, 1.54) is 6.33 Å². The number of likely N-dealkylation sites (tertiary alicyclic amines) is 1. The van der Waals surface area contributed by atoms with Gasteiger partial charge in [0.25, 0.3) is 11.8 Å². The fourth-order valence-corrected chi connectivity index (χ4v) is 7.62. The van der Waals surface area contributed by atoms with Crippen molar-refractivity contribution in [3.8, 4) is 11.5 Å². The molecule has 2 aromatic rings. The highest BCUT2D eigenvalue weighted by Crippen LogP contribution is 2.64. The molecule has 1 aromatic carbocycles. The van der Waals surface area contributed by atoms with Crippen LogP contribution in [0.25, 0.3) is 0 Å². The Labute approximate surface area is 297 Å². The number of aliphatic imine (C=N–C) groups is 1. The maximum atomic E-state index is 14.5. The number of amides is 3. The monoisotopic (exact) mass is 724 g/mol. The smallest absolute Gasteiger partial charge is 0.416 e. The maximum absolute atomic E-state index is 14.5. The molecule has 2 aliphatic heterocycles. The van der Waals surface area contributed by atoms with Crippen LogP contribution in [0.5, 0.6) is 11.5 Å². The molecular weight excluding hydrogens is 685 g/mol. The highest BCUT2D eigenvalue weighted by atomic mass is 19.4. The summed E-state index contributed by atoms with van der Waals surface area (Å²) in [6.45, 7) is 8.26. The summed E-state index contributed by atoms with van der Waals surface area (Å²) < 4.78 is 44.6. The Kier molecular flexibility index (Phi) is 10.1. The number of fused-ring (bicyclic) bond motifs is 2. The number of anilines is 1. The standard InChI is InChI=1S/C35H39F3N8O6/c1-19-14-34(8-9-45(25-13-23(25)34)33(51)30-31(49)20(2)41-18-43-30)28(29(19)42-17-40-15-21-6-10-52-11-7-21)32(50)46(39-3)16-27(48)44-24-5-4-22(12-26(24)47)35(36,37)38/h4-6,12,17-19,23,25,47,49H,3,7-11,13-16H2,1-2H3,(H,40,42)(H,44,48)/t19-,23?,25?,34?/m0/s1. The third kappa shape index (κ3) is 7.09. The van der Waals surface area contributed by atoms with Crippen LogP contribution in [0.15, 0.2) is 57.5 Å². The number of aryl methyl sites for hydroxylation is 1. The van der Waals surface area contributed by atoms with Crippen LogP contribution in [0, 0.1) is 24.2 Å². The Bertz CT molecular complexity index is 1880. The molecule has 6 rings (SSSR count). The molecule has 2 aliphatic carbocycles. The van der Waals surface area contributed by atoms with Gasteiger partial charge in [-0.05, 0) is 68.2 Å². The fourth-order valence-electron chi connectivity index (χ4n) is 7.62. The molecule has 2 fully saturated rings. The van der Waals surface area contributed by atoms with Crippen molar-refractivity contribution in [2.24, 2.45) is 27.3 Å². The minimum absolute atomic E-state index is 0.0916. The molecule has 3 heterocycles. The first-order valence-corrected chi connectivity index (χ1v) is 16.8. The number of ether oxygens (including phenoxy) is 1. The molecule has 52 heavy (non-hydrogen) atoms. The van der Waals surface area contributed by atoms with Crippen LogP contribution >= 0.6 is 0 Å². The van der Waals surface area contributed by atoms with Crippen LogP contribution in [-0.4, -0.2) is 99.8 Å². The number of hydrazone groups is 1. The van der Waals surface area contributed by atoms with E-state index < -0.39 is 47.2 Å². The number of nitrogens with zero attached hydrogens (tertiary/aromatic N) is 6. The lowest BCUT2D eigenvalue weighted by Gasteiger charge is -2.41. The molecule has 4 atom stereocenters. The van der Waals surface area contributed by atoms with Crippen molar-refractivity contribution < 1.29 is 42.5 Å². The number of benzene rings is 1. The zero-order valence-electron chi connectivity index (χ0n) is 28.6. The molecule has 4 aliphatic rings. The number of hydrogen-bond acceptors (Lipinski definition) is 10. The Morgan fingerprint density at radius 1 is 1.25 bits per heavy atom. The fraction of sp³-hybridized carbons (Fsp3) is 0.457. The summed E-state index contributed by atoms with van der Waals surface area (Å²) in [4.78, 5) is 55.4. The third-order valence-corrected chi connectivity index (χ3v) is 10.2. The predicted octanol–water partition coefficient (Wildman–Crippen LogP) is 3.78. The van der Waals surface area contributed by atoms with Gasteiger partial charge < -0.3 is 30.5 Å². The van der Waals surface area contributed by atoms with Gasteiger partial charge in [0, 0.05) is 36.0 Å². The molecule has 1 aromatic heterocycles. The Morgan fingerprint density at radius 3 is 2.73 bits per heavy atom. The molecular formula is C35H39F3N8O6. The molecule has 17 heteroatoms. The molecule has 3 amide bonds. The molecule has 1 saturated carbocycles. The maximum Gasteiger partial charge on any atom is 0.416 e. The van der Waals surface area contributed by atoms with Gasteiger partial charge in [-0.15, -0.1) is 0 Å². The van der Waals surface area contributed by atoms with E-state index in [-0.39, 0.29) is 47.2 Å². The van der Waals surface area contributed by atoms with Gasteiger partial charge in [-0.3, -0.25) is 19.4 Å². The van der Waals surface area contributed by atoms with Gasteiger partial charge in [0.15, 0.2) is 11.4 Å². The van der Waals surface area contributed by atoms with Crippen LogP contribution in [-0.2, 0) is 20.5 Å². The van der Waals surface area contributed by atoms with E-state index in [4.69, 9.17) is 4.74 Å². The number of aromatic nitrogens is 2. The van der Waals surface area contributed by atoms with Crippen molar-refractivity contribution in [1.82, 2.24) is 25.2 Å². The molecule has 14 nitrogen and oxygen atoms in total. The van der Waals surface area contributed by atoms with Crippen molar-refractivity contribution in [2.45, 2.75) is 51.7 Å². The van der Waals surface area contributed by atoms with Crippen LogP contribution in [0.3, 0.4) is 0 Å². The number of allylic oxidation sites excluding steroid dienone is 1. The van der Waals surface area contributed by atoms with Crippen molar-refractivity contribution in [1.29, 1.82) is 0 Å². The van der Waals surface area contributed by atoms with E-state index in [0.29, 0.717) is 62.4 Å². The first-order chi connectivity index (χ1) is 24.7. The van der Waals surface area contributed by atoms with Crippen molar-refractivity contribution in [2.75, 3.05) is 38.2 Å². The van der Waals surface area contributed by atoms with Gasteiger partial charge in [-0.25, -0.2) is 15.0 Å². The average Bonchev–Trinajstić information content (AvgIpc) is 3.87. The van der Waals surface area contributed by atoms with Gasteiger partial charge in [0.1, 0.15) is 18.6 Å². The highest BCUT2D eigenvalue weighted by molar-refractivity contribution is 6.01. The average molecular weight is 725 g/mol. The number of aromatic hydroxyl groups is 2. The van der Waals surface area contributed by atoms with E-state index in [2.05, 4.69) is 37.4 Å². The highest BCUT2D eigenvalue weighted by Gasteiger charge is 2.65. The Balaban J connectivity index is 1.26. The molecule has 0 bridgehead atoms. The van der Waals surface area contributed by atoms with E-state index in [0.717, 1.165) is 23.1 Å². The minimum Gasteiger partial charge on any atom is -0.506 e. The van der Waals surface area contributed by atoms with Gasteiger partial charge >= 0.3 is 6.18 Å². The quantitative estimate of drug-likeness (QED) is 0.0932. The summed E-state index contributed by atoms with van der Waals surface area (Å²) >= 11 is 0. The summed E-state index contributed by atoms with van der Waals surface area (Å²) in [5, 5.41) is 31.0. The van der Waals surface area contributed by atoms with Gasteiger partial charge in [0.2, 0.25) is 5.91 Å². The molecule has 1 saturated heterocycles. The van der Waals surface area contributed by atoms with E-state index >= 15 is 0 Å². The number of piperidine rings is 1. The second-order valence-corrected chi connectivity index (χ2v) is 13.4. The van der Waals surface area contributed by atoms with Crippen molar-refractivity contribution in [3.05, 3.63) is 64.4 Å². The lowest BCUT2D eigenvalue weighted by Crippen LogP contribution is -2.47. The second kappa shape index (κ2) is 14.4. The normalized spacial score (nSPS) is 24.1. The number of halogens is 3. The van der Waals surface area contributed by atoms with Gasteiger partial charge in [-0.1, -0.05) is 13.0 Å². The molecule has 4 N–H and O–H groups in total. The summed E-state index contributed by atoms with van der Waals surface area (Å²) in [5.41, 5.74) is 0.204. The second-order valence-electron chi connectivity index (χ2n) is 13.4.